The van der Waals surface area contributed by atoms with Gasteiger partial charge in [-0.1, -0.05) is 12.1 Å². The average Bonchev–Trinajstić information content (AvgIpc) is 3.20. The number of hydrogen-bond donors (Lipinski definition) is 2. The Morgan fingerprint density at radius 1 is 1.37 bits per heavy atom. The van der Waals surface area contributed by atoms with Crippen molar-refractivity contribution in [3.8, 4) is 5.75 Å². The van der Waals surface area contributed by atoms with Gasteiger partial charge in [0.25, 0.3) is 5.91 Å². The fourth-order valence-corrected chi connectivity index (χ4v) is 4.27. The number of rotatable bonds is 7. The molecule has 3 heterocycles. The molecule has 2 aromatic rings. The van der Waals surface area contributed by atoms with E-state index in [-0.39, 0.29) is 24.7 Å². The van der Waals surface area contributed by atoms with E-state index in [9.17, 15) is 9.90 Å². The molecule has 2 atom stereocenters. The van der Waals surface area contributed by atoms with Crippen LogP contribution in [0.2, 0.25) is 0 Å². The molecule has 0 aliphatic carbocycles. The molecular weight excluding hydrogens is 380 g/mol. The van der Waals surface area contributed by atoms with Crippen LogP contribution in [0.5, 0.6) is 5.75 Å². The smallest absolute Gasteiger partial charge is 0.260 e. The molecule has 160 valence electrons. The molecule has 0 saturated carbocycles. The maximum atomic E-state index is 13.0. The molecule has 2 N–H and O–H groups in total. The second-order valence-electron chi connectivity index (χ2n) is 8.11. The Hall–Kier alpha value is -2.64. The standard InChI is InChI=1S/C23H30N4O3/c1-26(20(17-7-11-24-12-8-17)15-27-13-9-19(28)14-27)22(29)16-30-21-6-2-4-18-5-3-10-25-23(18)21/h2,4,6-8,11-12,19-20,25,28H,3,5,9-10,13-16H2,1H3/t19-,20+/m0/s1. The van der Waals surface area contributed by atoms with Gasteiger partial charge >= 0.3 is 0 Å². The van der Waals surface area contributed by atoms with Gasteiger partial charge in [0.15, 0.2) is 6.61 Å². The van der Waals surface area contributed by atoms with Crippen LogP contribution in [-0.4, -0.2) is 71.7 Å². The second-order valence-corrected chi connectivity index (χ2v) is 8.11. The minimum Gasteiger partial charge on any atom is -0.482 e. The number of carbonyl (C=O) groups excluding carboxylic acids is 1. The van der Waals surface area contributed by atoms with Crippen molar-refractivity contribution in [1.82, 2.24) is 14.8 Å². The molecule has 30 heavy (non-hydrogen) atoms. The van der Waals surface area contributed by atoms with Crippen LogP contribution in [0.15, 0.2) is 42.7 Å². The van der Waals surface area contributed by atoms with Gasteiger partial charge in [-0.05, 0) is 48.6 Å². The minimum atomic E-state index is -0.288. The van der Waals surface area contributed by atoms with E-state index in [4.69, 9.17) is 4.74 Å². The number of pyridine rings is 1. The van der Waals surface area contributed by atoms with Gasteiger partial charge in [-0.3, -0.25) is 14.7 Å². The van der Waals surface area contributed by atoms with Gasteiger partial charge in [0.2, 0.25) is 0 Å². The fourth-order valence-electron chi connectivity index (χ4n) is 4.27. The van der Waals surface area contributed by atoms with E-state index in [1.807, 2.05) is 31.3 Å². The first kappa shape index (κ1) is 20.6. The molecule has 2 aliphatic heterocycles. The Balaban J connectivity index is 1.44. The van der Waals surface area contributed by atoms with E-state index in [1.165, 1.54) is 5.56 Å². The number of aryl methyl sites for hydroxylation is 1. The summed E-state index contributed by atoms with van der Waals surface area (Å²) in [4.78, 5) is 21.1. The van der Waals surface area contributed by atoms with Crippen LogP contribution in [0.25, 0.3) is 0 Å². The number of aromatic nitrogens is 1. The third-order valence-corrected chi connectivity index (χ3v) is 6.02. The predicted octanol–water partition coefficient (Wildman–Crippen LogP) is 2.08. The van der Waals surface area contributed by atoms with Crippen molar-refractivity contribution < 1.29 is 14.6 Å². The van der Waals surface area contributed by atoms with Crippen molar-refractivity contribution in [2.45, 2.75) is 31.4 Å². The summed E-state index contributed by atoms with van der Waals surface area (Å²) in [5.41, 5.74) is 3.28. The second kappa shape index (κ2) is 9.45. The summed E-state index contributed by atoms with van der Waals surface area (Å²) in [5, 5.41) is 13.3. The Morgan fingerprint density at radius 3 is 2.97 bits per heavy atom. The van der Waals surface area contributed by atoms with Crippen molar-refractivity contribution in [2.24, 2.45) is 0 Å². The normalized spacial score (nSPS) is 19.6. The zero-order chi connectivity index (χ0) is 20.9. The van der Waals surface area contributed by atoms with Gasteiger partial charge in [-0.25, -0.2) is 0 Å². The number of benzene rings is 1. The molecule has 0 unspecified atom stereocenters. The number of likely N-dealkylation sites (tertiary alicyclic amines) is 1. The van der Waals surface area contributed by atoms with Gasteiger partial charge in [0.1, 0.15) is 5.75 Å². The van der Waals surface area contributed by atoms with Gasteiger partial charge in [-0.15, -0.1) is 0 Å². The van der Waals surface area contributed by atoms with Crippen molar-refractivity contribution in [1.29, 1.82) is 0 Å². The first-order valence-electron chi connectivity index (χ1n) is 10.7. The van der Waals surface area contributed by atoms with Crippen LogP contribution < -0.4 is 10.1 Å². The zero-order valence-corrected chi connectivity index (χ0v) is 17.5. The summed E-state index contributed by atoms with van der Waals surface area (Å²) in [6, 6.07) is 9.76. The Morgan fingerprint density at radius 2 is 2.20 bits per heavy atom. The first-order chi connectivity index (χ1) is 14.6. The number of likely N-dealkylation sites (N-methyl/N-ethyl adjacent to an activating group) is 1. The summed E-state index contributed by atoms with van der Waals surface area (Å²) in [6.07, 6.45) is 6.12. The molecule has 1 amide bonds. The number of anilines is 1. The quantitative estimate of drug-likeness (QED) is 0.728. The number of aliphatic hydroxyl groups excluding tert-OH is 1. The van der Waals surface area contributed by atoms with E-state index in [1.54, 1.807) is 17.3 Å². The van der Waals surface area contributed by atoms with Crippen molar-refractivity contribution >= 4 is 11.6 Å². The minimum absolute atomic E-state index is 0.0150. The van der Waals surface area contributed by atoms with E-state index >= 15 is 0 Å². The maximum absolute atomic E-state index is 13.0. The highest BCUT2D eigenvalue weighted by atomic mass is 16.5. The Labute approximate surface area is 177 Å². The number of fused-ring (bicyclic) bond motifs is 1. The van der Waals surface area contributed by atoms with Gasteiger partial charge in [0, 0.05) is 45.6 Å². The summed E-state index contributed by atoms with van der Waals surface area (Å²) in [7, 11) is 1.82. The number of nitrogens with zero attached hydrogens (tertiary/aromatic N) is 3. The Bertz CT molecular complexity index is 861. The van der Waals surface area contributed by atoms with E-state index in [0.29, 0.717) is 13.1 Å². The number of nitrogens with one attached hydrogen (secondary N) is 1. The van der Waals surface area contributed by atoms with Crippen LogP contribution in [-0.2, 0) is 11.2 Å². The maximum Gasteiger partial charge on any atom is 0.260 e. The highest BCUT2D eigenvalue weighted by Crippen LogP contribution is 2.32. The van der Waals surface area contributed by atoms with Crippen LogP contribution in [0.3, 0.4) is 0 Å². The molecule has 0 spiro atoms. The molecular formula is C23H30N4O3. The number of aliphatic hydroxyl groups is 1. The predicted molar refractivity (Wildman–Crippen MR) is 116 cm³/mol. The molecule has 1 aromatic carbocycles. The van der Waals surface area contributed by atoms with Crippen LogP contribution >= 0.6 is 0 Å². The Kier molecular flexibility index (Phi) is 6.50. The molecule has 1 saturated heterocycles. The number of carbonyl (C=O) groups is 1. The van der Waals surface area contributed by atoms with Gasteiger partial charge < -0.3 is 20.1 Å². The lowest BCUT2D eigenvalue weighted by molar-refractivity contribution is -0.134. The monoisotopic (exact) mass is 410 g/mol. The summed E-state index contributed by atoms with van der Waals surface area (Å²) in [6.45, 7) is 3.06. The van der Waals surface area contributed by atoms with E-state index in [0.717, 1.165) is 49.4 Å². The molecule has 0 radical (unpaired) electrons. The van der Waals surface area contributed by atoms with Gasteiger partial charge in [0.05, 0.1) is 17.8 Å². The molecule has 1 aromatic heterocycles. The first-order valence-corrected chi connectivity index (χ1v) is 10.7. The lowest BCUT2D eigenvalue weighted by Gasteiger charge is -2.32. The lowest BCUT2D eigenvalue weighted by atomic mass is 10.0. The third kappa shape index (κ3) is 4.74. The molecule has 0 bridgehead atoms. The highest BCUT2D eigenvalue weighted by molar-refractivity contribution is 5.78. The molecule has 7 heteroatoms. The summed E-state index contributed by atoms with van der Waals surface area (Å²) in [5.74, 6) is 0.655. The van der Waals surface area contributed by atoms with E-state index in [2.05, 4.69) is 21.3 Å². The molecule has 1 fully saturated rings. The lowest BCUT2D eigenvalue weighted by Crippen LogP contribution is -2.41. The van der Waals surface area contributed by atoms with Crippen molar-refractivity contribution in [3.63, 3.8) is 0 Å². The highest BCUT2D eigenvalue weighted by Gasteiger charge is 2.28. The SMILES string of the molecule is CN(C(=O)COc1cccc2c1NCCC2)[C@H](CN1CC[C@H](O)C1)c1ccncc1. The number of hydrogen-bond acceptors (Lipinski definition) is 6. The largest absolute Gasteiger partial charge is 0.482 e. The van der Waals surface area contributed by atoms with Crippen LogP contribution in [0.4, 0.5) is 5.69 Å². The van der Waals surface area contributed by atoms with Crippen LogP contribution in [0, 0.1) is 0 Å². The van der Waals surface area contributed by atoms with Crippen molar-refractivity contribution in [2.75, 3.05) is 45.2 Å². The van der Waals surface area contributed by atoms with Gasteiger partial charge in [-0.2, -0.15) is 0 Å². The molecule has 7 nitrogen and oxygen atoms in total. The fraction of sp³-hybridized carbons (Fsp3) is 0.478. The molecule has 4 rings (SSSR count). The summed E-state index contributed by atoms with van der Waals surface area (Å²) < 4.78 is 5.94. The van der Waals surface area contributed by atoms with Crippen molar-refractivity contribution in [3.05, 3.63) is 53.9 Å². The topological polar surface area (TPSA) is 77.9 Å². The van der Waals surface area contributed by atoms with Crippen LogP contribution in [0.1, 0.15) is 30.0 Å². The third-order valence-electron chi connectivity index (χ3n) is 6.02. The molecule has 2 aliphatic rings. The van der Waals surface area contributed by atoms with E-state index < -0.39 is 0 Å². The summed E-state index contributed by atoms with van der Waals surface area (Å²) >= 11 is 0. The average molecular weight is 411 g/mol. The number of β-amino-alcohol motifs (C(OH)–C–C–N with tert-alkyl or cyclic N) is 1. The number of ether oxygens (including phenoxy) is 1. The zero-order valence-electron chi connectivity index (χ0n) is 17.5. The number of amides is 1. The number of para-hydroxylation sites is 1.